The molecule has 0 aromatic carbocycles. The summed E-state index contributed by atoms with van der Waals surface area (Å²) in [7, 11) is 1.73. The van der Waals surface area contributed by atoms with Gasteiger partial charge in [0.1, 0.15) is 0 Å². The summed E-state index contributed by atoms with van der Waals surface area (Å²) in [6.45, 7) is 1.46. The van der Waals surface area contributed by atoms with Crippen LogP contribution in [-0.4, -0.2) is 37.4 Å². The minimum absolute atomic E-state index is 0.260. The highest BCUT2D eigenvalue weighted by Gasteiger charge is 2.49. The first kappa shape index (κ1) is 11.9. The molecule has 1 heterocycles. The molecule has 1 saturated carbocycles. The van der Waals surface area contributed by atoms with Crippen LogP contribution in [0, 0.1) is 11.3 Å². The summed E-state index contributed by atoms with van der Waals surface area (Å²) in [5, 5.41) is 12.7. The monoisotopic (exact) mass is 227 g/mol. The zero-order valence-electron chi connectivity index (χ0n) is 9.87. The summed E-state index contributed by atoms with van der Waals surface area (Å²) in [5.74, 6) is -0.349. The molecule has 0 spiro atoms. The van der Waals surface area contributed by atoms with E-state index in [0.717, 1.165) is 38.6 Å². The normalized spacial score (nSPS) is 39.8. The smallest absolute Gasteiger partial charge is 0.311 e. The lowest BCUT2D eigenvalue weighted by Gasteiger charge is -2.38. The van der Waals surface area contributed by atoms with Gasteiger partial charge in [0.05, 0.1) is 11.5 Å². The third-order valence-corrected chi connectivity index (χ3v) is 4.36. The fourth-order valence-electron chi connectivity index (χ4n) is 3.28. The molecule has 0 bridgehead atoms. The molecule has 4 nitrogen and oxygen atoms in total. The van der Waals surface area contributed by atoms with Crippen LogP contribution in [0.15, 0.2) is 0 Å². The number of hydrogen-bond donors (Lipinski definition) is 2. The Balaban J connectivity index is 2.11. The van der Waals surface area contributed by atoms with Crippen molar-refractivity contribution in [2.45, 2.75) is 38.2 Å². The number of ether oxygens (including phenoxy) is 1. The lowest BCUT2D eigenvalue weighted by Crippen LogP contribution is -2.43. The highest BCUT2D eigenvalue weighted by atomic mass is 16.5. The summed E-state index contributed by atoms with van der Waals surface area (Å²) in [6, 6.07) is 0. The van der Waals surface area contributed by atoms with E-state index < -0.39 is 11.4 Å². The Morgan fingerprint density at radius 1 is 1.50 bits per heavy atom. The number of carbonyl (C=O) groups is 1. The van der Waals surface area contributed by atoms with Gasteiger partial charge in [-0.05, 0) is 38.1 Å². The summed E-state index contributed by atoms with van der Waals surface area (Å²) in [6.07, 6.45) is 5.14. The van der Waals surface area contributed by atoms with E-state index in [2.05, 4.69) is 5.32 Å². The van der Waals surface area contributed by atoms with E-state index in [0.29, 0.717) is 6.54 Å². The molecule has 0 amide bonds. The van der Waals surface area contributed by atoms with E-state index in [1.54, 1.807) is 7.11 Å². The predicted octanol–water partition coefficient (Wildman–Crippen LogP) is 1.26. The fourth-order valence-corrected chi connectivity index (χ4v) is 3.28. The van der Waals surface area contributed by atoms with Crippen LogP contribution in [0.1, 0.15) is 32.1 Å². The molecule has 2 rings (SSSR count). The first-order chi connectivity index (χ1) is 7.69. The first-order valence-corrected chi connectivity index (χ1v) is 6.16. The van der Waals surface area contributed by atoms with Gasteiger partial charge < -0.3 is 15.2 Å². The van der Waals surface area contributed by atoms with E-state index >= 15 is 0 Å². The van der Waals surface area contributed by atoms with E-state index in [1.165, 1.54) is 0 Å². The second kappa shape index (κ2) is 4.72. The van der Waals surface area contributed by atoms with Gasteiger partial charge in [-0.25, -0.2) is 0 Å². The molecule has 1 aliphatic heterocycles. The van der Waals surface area contributed by atoms with Crippen molar-refractivity contribution in [1.29, 1.82) is 0 Å². The van der Waals surface area contributed by atoms with Gasteiger partial charge in [-0.2, -0.15) is 0 Å². The van der Waals surface area contributed by atoms with Crippen molar-refractivity contribution < 1.29 is 14.6 Å². The SMILES string of the molecule is COC1CCCC(C2(C(=O)O)CCNC2)C1. The van der Waals surface area contributed by atoms with Crippen LogP contribution in [-0.2, 0) is 9.53 Å². The molecule has 3 atom stereocenters. The molecule has 1 aliphatic carbocycles. The second-order valence-electron chi connectivity index (χ2n) is 5.11. The van der Waals surface area contributed by atoms with Crippen LogP contribution in [0.3, 0.4) is 0 Å². The van der Waals surface area contributed by atoms with Crippen molar-refractivity contribution in [2.75, 3.05) is 20.2 Å². The maximum atomic E-state index is 11.5. The molecule has 0 aromatic rings. The molecule has 2 N–H and O–H groups in total. The number of rotatable bonds is 3. The molecule has 16 heavy (non-hydrogen) atoms. The second-order valence-corrected chi connectivity index (χ2v) is 5.11. The lowest BCUT2D eigenvalue weighted by atomic mass is 9.67. The third kappa shape index (κ3) is 1.96. The minimum Gasteiger partial charge on any atom is -0.481 e. The average molecular weight is 227 g/mol. The number of methoxy groups -OCH3 is 1. The third-order valence-electron chi connectivity index (χ3n) is 4.36. The van der Waals surface area contributed by atoms with E-state index in [-0.39, 0.29) is 12.0 Å². The molecule has 0 radical (unpaired) electrons. The van der Waals surface area contributed by atoms with Crippen LogP contribution in [0.5, 0.6) is 0 Å². The molecule has 92 valence electrons. The van der Waals surface area contributed by atoms with E-state index in [4.69, 9.17) is 4.74 Å². The number of aliphatic carboxylic acids is 1. The number of nitrogens with one attached hydrogen (secondary N) is 1. The molecular weight excluding hydrogens is 206 g/mol. The average Bonchev–Trinajstić information content (AvgIpc) is 2.79. The van der Waals surface area contributed by atoms with Crippen molar-refractivity contribution in [2.24, 2.45) is 11.3 Å². The maximum Gasteiger partial charge on any atom is 0.311 e. The molecule has 4 heteroatoms. The molecule has 2 fully saturated rings. The molecular formula is C12H21NO3. The van der Waals surface area contributed by atoms with Gasteiger partial charge in [-0.15, -0.1) is 0 Å². The molecule has 2 aliphatic rings. The lowest BCUT2D eigenvalue weighted by molar-refractivity contribution is -0.153. The molecule has 1 saturated heterocycles. The van der Waals surface area contributed by atoms with E-state index in [1.807, 2.05) is 0 Å². The van der Waals surface area contributed by atoms with Gasteiger partial charge in [0, 0.05) is 13.7 Å². The Labute approximate surface area is 96.4 Å². The van der Waals surface area contributed by atoms with Crippen LogP contribution in [0.2, 0.25) is 0 Å². The quantitative estimate of drug-likeness (QED) is 0.762. The van der Waals surface area contributed by atoms with Crippen molar-refractivity contribution in [1.82, 2.24) is 5.32 Å². The predicted molar refractivity (Wildman–Crippen MR) is 60.3 cm³/mol. The van der Waals surface area contributed by atoms with Crippen LogP contribution in [0.25, 0.3) is 0 Å². The Hall–Kier alpha value is -0.610. The molecule has 0 aromatic heterocycles. The summed E-state index contributed by atoms with van der Waals surface area (Å²) in [5.41, 5.74) is -0.531. The highest BCUT2D eigenvalue weighted by molar-refractivity contribution is 5.76. The van der Waals surface area contributed by atoms with Gasteiger partial charge in [0.15, 0.2) is 0 Å². The van der Waals surface area contributed by atoms with Gasteiger partial charge >= 0.3 is 5.97 Å². The Morgan fingerprint density at radius 2 is 2.31 bits per heavy atom. The van der Waals surface area contributed by atoms with Gasteiger partial charge in [-0.3, -0.25) is 4.79 Å². The number of carboxylic acid groups (broad SMARTS) is 1. The minimum atomic E-state index is -0.626. The molecule has 3 unspecified atom stereocenters. The number of carboxylic acids is 1. The first-order valence-electron chi connectivity index (χ1n) is 6.16. The maximum absolute atomic E-state index is 11.5. The van der Waals surface area contributed by atoms with Crippen LogP contribution < -0.4 is 5.32 Å². The van der Waals surface area contributed by atoms with Crippen LogP contribution >= 0.6 is 0 Å². The zero-order valence-corrected chi connectivity index (χ0v) is 9.87. The summed E-state index contributed by atoms with van der Waals surface area (Å²) < 4.78 is 5.39. The van der Waals surface area contributed by atoms with Gasteiger partial charge in [0.2, 0.25) is 0 Å². The Bertz CT molecular complexity index is 261. The fraction of sp³-hybridized carbons (Fsp3) is 0.917. The van der Waals surface area contributed by atoms with Crippen molar-refractivity contribution >= 4 is 5.97 Å². The van der Waals surface area contributed by atoms with Crippen molar-refractivity contribution in [3.8, 4) is 0 Å². The summed E-state index contributed by atoms with van der Waals surface area (Å²) >= 11 is 0. The zero-order chi connectivity index (χ0) is 11.6. The largest absolute Gasteiger partial charge is 0.481 e. The van der Waals surface area contributed by atoms with E-state index in [9.17, 15) is 9.90 Å². The van der Waals surface area contributed by atoms with Gasteiger partial charge in [0.25, 0.3) is 0 Å². The Kier molecular flexibility index (Phi) is 3.50. The Morgan fingerprint density at radius 3 is 2.88 bits per heavy atom. The van der Waals surface area contributed by atoms with Gasteiger partial charge in [-0.1, -0.05) is 6.42 Å². The van der Waals surface area contributed by atoms with Crippen LogP contribution in [0.4, 0.5) is 0 Å². The highest BCUT2D eigenvalue weighted by Crippen LogP contribution is 2.43. The number of hydrogen-bond acceptors (Lipinski definition) is 3. The van der Waals surface area contributed by atoms with Crippen molar-refractivity contribution in [3.63, 3.8) is 0 Å². The summed E-state index contributed by atoms with van der Waals surface area (Å²) in [4.78, 5) is 11.5. The topological polar surface area (TPSA) is 58.6 Å². The standard InChI is InChI=1S/C12H21NO3/c1-16-10-4-2-3-9(7-10)12(11(14)15)5-6-13-8-12/h9-10,13H,2-8H2,1H3,(H,14,15). The van der Waals surface area contributed by atoms with Crippen molar-refractivity contribution in [3.05, 3.63) is 0 Å².